The number of carbonyl (C=O) groups is 1. The average Bonchev–Trinajstić information content (AvgIpc) is 2.86. The highest BCUT2D eigenvalue weighted by Crippen LogP contribution is 2.20. The fraction of sp³-hybridized carbons (Fsp3) is 0.154. The van der Waals surface area contributed by atoms with Crippen LogP contribution in [-0.2, 0) is 0 Å². The molecule has 1 heterocycles. The van der Waals surface area contributed by atoms with Crippen LogP contribution in [0.2, 0.25) is 0 Å². The van der Waals surface area contributed by atoms with Gasteiger partial charge >= 0.3 is 0 Å². The van der Waals surface area contributed by atoms with Crippen molar-refractivity contribution < 1.29 is 9.21 Å². The standard InChI is InChI=1S/C13H13NO2S/c1-2-17-11-7-5-10(6-8-11)14-13(15)12-4-3-9-16-12/h3-9H,2H2,1H3,(H,14,15). The molecular formula is C13H13NO2S. The van der Waals surface area contributed by atoms with Gasteiger partial charge in [0, 0.05) is 10.6 Å². The first-order chi connectivity index (χ1) is 8.29. The second kappa shape index (κ2) is 5.59. The molecule has 0 fully saturated rings. The van der Waals surface area contributed by atoms with E-state index in [0.717, 1.165) is 11.4 Å². The lowest BCUT2D eigenvalue weighted by molar-refractivity contribution is 0.0996. The van der Waals surface area contributed by atoms with Gasteiger partial charge in [-0.15, -0.1) is 11.8 Å². The molecule has 88 valence electrons. The van der Waals surface area contributed by atoms with Crippen LogP contribution in [0.25, 0.3) is 0 Å². The summed E-state index contributed by atoms with van der Waals surface area (Å²) in [5.74, 6) is 1.13. The number of thioether (sulfide) groups is 1. The van der Waals surface area contributed by atoms with E-state index in [9.17, 15) is 4.79 Å². The summed E-state index contributed by atoms with van der Waals surface area (Å²) in [4.78, 5) is 12.9. The SMILES string of the molecule is CCSc1ccc(NC(=O)c2ccco2)cc1. The number of nitrogens with one attached hydrogen (secondary N) is 1. The maximum atomic E-state index is 11.7. The monoisotopic (exact) mass is 247 g/mol. The second-order valence-corrected chi connectivity index (χ2v) is 4.73. The van der Waals surface area contributed by atoms with Crippen molar-refractivity contribution in [2.45, 2.75) is 11.8 Å². The molecule has 0 unspecified atom stereocenters. The molecule has 0 aliphatic carbocycles. The van der Waals surface area contributed by atoms with Crippen LogP contribution in [0.4, 0.5) is 5.69 Å². The Kier molecular flexibility index (Phi) is 3.88. The van der Waals surface area contributed by atoms with Gasteiger partial charge in [-0.25, -0.2) is 0 Å². The fourth-order valence-electron chi connectivity index (χ4n) is 1.40. The lowest BCUT2D eigenvalue weighted by Crippen LogP contribution is -2.10. The normalized spacial score (nSPS) is 10.2. The van der Waals surface area contributed by atoms with Gasteiger partial charge in [0.15, 0.2) is 5.76 Å². The number of amides is 1. The molecule has 1 aromatic carbocycles. The summed E-state index contributed by atoms with van der Waals surface area (Å²) < 4.78 is 5.01. The third-order valence-corrected chi connectivity index (χ3v) is 3.06. The Morgan fingerprint density at radius 1 is 1.29 bits per heavy atom. The van der Waals surface area contributed by atoms with Crippen LogP contribution in [0.15, 0.2) is 52.0 Å². The van der Waals surface area contributed by atoms with Crippen molar-refractivity contribution in [2.24, 2.45) is 0 Å². The van der Waals surface area contributed by atoms with Crippen molar-refractivity contribution >= 4 is 23.4 Å². The van der Waals surface area contributed by atoms with E-state index >= 15 is 0 Å². The minimum atomic E-state index is -0.231. The minimum absolute atomic E-state index is 0.231. The molecule has 17 heavy (non-hydrogen) atoms. The molecule has 0 saturated heterocycles. The van der Waals surface area contributed by atoms with Crippen molar-refractivity contribution in [3.8, 4) is 0 Å². The summed E-state index contributed by atoms with van der Waals surface area (Å²) in [5.41, 5.74) is 0.770. The zero-order chi connectivity index (χ0) is 12.1. The highest BCUT2D eigenvalue weighted by Gasteiger charge is 2.08. The third-order valence-electron chi connectivity index (χ3n) is 2.17. The van der Waals surface area contributed by atoms with Gasteiger partial charge in [0.2, 0.25) is 0 Å². The molecule has 1 amide bonds. The molecule has 0 bridgehead atoms. The smallest absolute Gasteiger partial charge is 0.291 e. The third kappa shape index (κ3) is 3.14. The summed E-state index contributed by atoms with van der Waals surface area (Å²) in [5, 5.41) is 2.77. The number of hydrogen-bond acceptors (Lipinski definition) is 3. The van der Waals surface area contributed by atoms with Crippen molar-refractivity contribution in [2.75, 3.05) is 11.1 Å². The molecule has 0 radical (unpaired) electrons. The lowest BCUT2D eigenvalue weighted by atomic mass is 10.3. The summed E-state index contributed by atoms with van der Waals surface area (Å²) >= 11 is 1.77. The number of furan rings is 1. The van der Waals surface area contributed by atoms with Gasteiger partial charge in [0.1, 0.15) is 0 Å². The van der Waals surface area contributed by atoms with Crippen molar-refractivity contribution in [3.63, 3.8) is 0 Å². The maximum absolute atomic E-state index is 11.7. The van der Waals surface area contributed by atoms with Gasteiger partial charge in [-0.3, -0.25) is 4.79 Å². The highest BCUT2D eigenvalue weighted by molar-refractivity contribution is 7.99. The number of benzene rings is 1. The fourth-order valence-corrected chi connectivity index (χ4v) is 2.06. The molecule has 0 saturated carbocycles. The van der Waals surface area contributed by atoms with Gasteiger partial charge in [-0.1, -0.05) is 6.92 Å². The molecule has 2 aromatic rings. The number of hydrogen-bond donors (Lipinski definition) is 1. The van der Waals surface area contributed by atoms with Crippen LogP contribution in [-0.4, -0.2) is 11.7 Å². The molecule has 0 aliphatic rings. The summed E-state index contributed by atoms with van der Waals surface area (Å²) in [6.07, 6.45) is 1.48. The van der Waals surface area contributed by atoms with Crippen LogP contribution in [0.5, 0.6) is 0 Å². The molecule has 0 aliphatic heterocycles. The van der Waals surface area contributed by atoms with E-state index in [1.807, 2.05) is 24.3 Å². The van der Waals surface area contributed by atoms with Crippen molar-refractivity contribution in [1.82, 2.24) is 0 Å². The Bertz CT molecular complexity index is 477. The first-order valence-corrected chi connectivity index (χ1v) is 6.36. The first-order valence-electron chi connectivity index (χ1n) is 5.37. The predicted molar refractivity (Wildman–Crippen MR) is 69.5 cm³/mol. The molecule has 3 nitrogen and oxygen atoms in total. The quantitative estimate of drug-likeness (QED) is 0.839. The van der Waals surface area contributed by atoms with Crippen molar-refractivity contribution in [1.29, 1.82) is 0 Å². The summed E-state index contributed by atoms with van der Waals surface area (Å²) in [6.45, 7) is 2.11. The minimum Gasteiger partial charge on any atom is -0.459 e. The Morgan fingerprint density at radius 2 is 2.06 bits per heavy atom. The lowest BCUT2D eigenvalue weighted by Gasteiger charge is -2.04. The van der Waals surface area contributed by atoms with Crippen LogP contribution in [0.3, 0.4) is 0 Å². The number of rotatable bonds is 4. The number of carbonyl (C=O) groups excluding carboxylic acids is 1. The summed E-state index contributed by atoms with van der Waals surface area (Å²) in [6, 6.07) is 11.1. The van der Waals surface area contributed by atoms with Crippen LogP contribution in [0, 0.1) is 0 Å². The van der Waals surface area contributed by atoms with Crippen LogP contribution >= 0.6 is 11.8 Å². The van der Waals surface area contributed by atoms with Crippen molar-refractivity contribution in [3.05, 3.63) is 48.4 Å². The van der Waals surface area contributed by atoms with E-state index in [-0.39, 0.29) is 5.91 Å². The topological polar surface area (TPSA) is 42.2 Å². The molecule has 1 aromatic heterocycles. The zero-order valence-electron chi connectivity index (χ0n) is 9.47. The second-order valence-electron chi connectivity index (χ2n) is 3.39. The Labute approximate surface area is 104 Å². The van der Waals surface area contributed by atoms with E-state index in [1.54, 1.807) is 23.9 Å². The van der Waals surface area contributed by atoms with Gasteiger partial charge in [-0.2, -0.15) is 0 Å². The Morgan fingerprint density at radius 3 is 2.65 bits per heavy atom. The molecule has 0 atom stereocenters. The van der Waals surface area contributed by atoms with E-state index in [0.29, 0.717) is 5.76 Å². The molecule has 0 spiro atoms. The van der Waals surface area contributed by atoms with E-state index in [2.05, 4.69) is 12.2 Å². The van der Waals surface area contributed by atoms with Crippen LogP contribution < -0.4 is 5.32 Å². The Hall–Kier alpha value is -1.68. The van der Waals surface area contributed by atoms with E-state index in [4.69, 9.17) is 4.42 Å². The zero-order valence-corrected chi connectivity index (χ0v) is 10.3. The first kappa shape index (κ1) is 11.8. The molecule has 1 N–H and O–H groups in total. The van der Waals surface area contributed by atoms with Gasteiger partial charge < -0.3 is 9.73 Å². The Balaban J connectivity index is 2.01. The molecule has 4 heteroatoms. The van der Waals surface area contributed by atoms with Crippen LogP contribution in [0.1, 0.15) is 17.5 Å². The van der Waals surface area contributed by atoms with Gasteiger partial charge in [-0.05, 0) is 42.2 Å². The molecular weight excluding hydrogens is 234 g/mol. The maximum Gasteiger partial charge on any atom is 0.291 e. The number of anilines is 1. The van der Waals surface area contributed by atoms with Gasteiger partial charge in [0.05, 0.1) is 6.26 Å². The molecule has 2 rings (SSSR count). The average molecular weight is 247 g/mol. The van der Waals surface area contributed by atoms with E-state index < -0.39 is 0 Å². The predicted octanol–water partition coefficient (Wildman–Crippen LogP) is 3.64. The summed E-state index contributed by atoms with van der Waals surface area (Å²) in [7, 11) is 0. The van der Waals surface area contributed by atoms with E-state index in [1.165, 1.54) is 11.2 Å². The highest BCUT2D eigenvalue weighted by atomic mass is 32.2. The van der Waals surface area contributed by atoms with Gasteiger partial charge in [0.25, 0.3) is 5.91 Å². The largest absolute Gasteiger partial charge is 0.459 e.